The monoisotopic (exact) mass is 387 g/mol. The van der Waals surface area contributed by atoms with Crippen LogP contribution in [-0.4, -0.2) is 57.1 Å². The number of hydrogen-bond acceptors (Lipinski definition) is 6. The maximum absolute atomic E-state index is 13.0. The number of aryl methyl sites for hydroxylation is 2. The fraction of sp³-hybridized carbons (Fsp3) is 0.765. The van der Waals surface area contributed by atoms with Crippen molar-refractivity contribution in [1.82, 2.24) is 14.8 Å². The highest BCUT2D eigenvalue weighted by atomic mass is 32.2. The number of carbonyl (C=O) groups is 1. The summed E-state index contributed by atoms with van der Waals surface area (Å²) in [5.74, 6) is 0.633. The smallest absolute Gasteiger partial charge is 0.248 e. The summed E-state index contributed by atoms with van der Waals surface area (Å²) in [5.41, 5.74) is 0.384. The largest absolute Gasteiger partial charge is 0.383 e. The Kier molecular flexibility index (Phi) is 7.19. The molecule has 1 aromatic rings. The SMILES string of the molecule is CC[C@@H]1CN(S(=O)(=O)c2c(C)noc2C)CC[C@H]1CC(=O)NCCOC. The fourth-order valence-corrected chi connectivity index (χ4v) is 5.37. The van der Waals surface area contributed by atoms with Gasteiger partial charge in [0.25, 0.3) is 0 Å². The molecule has 1 aromatic heterocycles. The first-order valence-electron chi connectivity index (χ1n) is 8.99. The second-order valence-electron chi connectivity index (χ2n) is 6.78. The number of aromatic nitrogens is 1. The van der Waals surface area contributed by atoms with Crippen LogP contribution in [0.3, 0.4) is 0 Å². The molecule has 0 unspecified atom stereocenters. The van der Waals surface area contributed by atoms with E-state index in [0.29, 0.717) is 50.5 Å². The standard InChI is InChI=1S/C17H29N3O5S/c1-5-14-11-20(26(22,23)17-12(2)19-25-13(17)3)8-6-15(14)10-16(21)18-7-9-24-4/h14-15H,5-11H2,1-4H3,(H,18,21)/t14-,15+/m1/s1. The van der Waals surface area contributed by atoms with Gasteiger partial charge in [0.15, 0.2) is 5.76 Å². The van der Waals surface area contributed by atoms with Gasteiger partial charge in [-0.05, 0) is 32.1 Å². The molecule has 1 saturated heterocycles. The van der Waals surface area contributed by atoms with Gasteiger partial charge in [0.1, 0.15) is 10.6 Å². The summed E-state index contributed by atoms with van der Waals surface area (Å²) in [7, 11) is -2.04. The average molecular weight is 388 g/mol. The van der Waals surface area contributed by atoms with E-state index >= 15 is 0 Å². The molecule has 1 aliphatic heterocycles. The van der Waals surface area contributed by atoms with Gasteiger partial charge in [0.05, 0.1) is 6.61 Å². The molecule has 2 atom stereocenters. The van der Waals surface area contributed by atoms with E-state index in [2.05, 4.69) is 10.5 Å². The van der Waals surface area contributed by atoms with Gasteiger partial charge in [0.2, 0.25) is 15.9 Å². The van der Waals surface area contributed by atoms with Crippen molar-refractivity contribution < 1.29 is 22.5 Å². The number of amides is 1. The first-order valence-corrected chi connectivity index (χ1v) is 10.4. The van der Waals surface area contributed by atoms with E-state index in [4.69, 9.17) is 9.26 Å². The Hall–Kier alpha value is -1.45. The van der Waals surface area contributed by atoms with Gasteiger partial charge in [-0.2, -0.15) is 4.31 Å². The summed E-state index contributed by atoms with van der Waals surface area (Å²) < 4.78 is 37.4. The molecule has 26 heavy (non-hydrogen) atoms. The molecular weight excluding hydrogens is 358 g/mol. The van der Waals surface area contributed by atoms with Crippen molar-refractivity contribution in [2.24, 2.45) is 11.8 Å². The van der Waals surface area contributed by atoms with Crippen LogP contribution < -0.4 is 5.32 Å². The van der Waals surface area contributed by atoms with Gasteiger partial charge in [-0.15, -0.1) is 0 Å². The molecule has 1 aliphatic rings. The average Bonchev–Trinajstić information content (AvgIpc) is 2.94. The molecule has 0 spiro atoms. The molecular formula is C17H29N3O5S. The third-order valence-corrected chi connectivity index (χ3v) is 7.13. The number of methoxy groups -OCH3 is 1. The lowest BCUT2D eigenvalue weighted by Gasteiger charge is -2.37. The van der Waals surface area contributed by atoms with Crippen LogP contribution in [0.2, 0.25) is 0 Å². The van der Waals surface area contributed by atoms with Crippen molar-refractivity contribution in [1.29, 1.82) is 0 Å². The number of piperidine rings is 1. The number of hydrogen-bond donors (Lipinski definition) is 1. The predicted octanol–water partition coefficient (Wildman–Crippen LogP) is 1.48. The number of ether oxygens (including phenoxy) is 1. The third-order valence-electron chi connectivity index (χ3n) is 5.02. The molecule has 2 rings (SSSR count). The van der Waals surface area contributed by atoms with E-state index < -0.39 is 10.0 Å². The topological polar surface area (TPSA) is 102 Å². The van der Waals surface area contributed by atoms with Crippen molar-refractivity contribution in [3.8, 4) is 0 Å². The van der Waals surface area contributed by atoms with Crippen molar-refractivity contribution in [3.05, 3.63) is 11.5 Å². The number of carbonyl (C=O) groups excluding carboxylic acids is 1. The van der Waals surface area contributed by atoms with Crippen LogP contribution in [-0.2, 0) is 19.6 Å². The van der Waals surface area contributed by atoms with Crippen LogP contribution in [0, 0.1) is 25.7 Å². The highest BCUT2D eigenvalue weighted by molar-refractivity contribution is 7.89. The van der Waals surface area contributed by atoms with E-state index in [1.807, 2.05) is 6.92 Å². The van der Waals surface area contributed by atoms with Crippen LogP contribution in [0.25, 0.3) is 0 Å². The Balaban J connectivity index is 2.04. The maximum atomic E-state index is 13.0. The van der Waals surface area contributed by atoms with Crippen LogP contribution in [0.4, 0.5) is 0 Å². The van der Waals surface area contributed by atoms with Crippen molar-refractivity contribution in [3.63, 3.8) is 0 Å². The summed E-state index contributed by atoms with van der Waals surface area (Å²) in [4.78, 5) is 12.3. The van der Waals surface area contributed by atoms with Gasteiger partial charge in [-0.25, -0.2) is 8.42 Å². The Bertz CT molecular complexity index is 696. The van der Waals surface area contributed by atoms with Crippen molar-refractivity contribution in [2.75, 3.05) is 33.4 Å². The number of rotatable bonds is 8. The third kappa shape index (κ3) is 4.63. The normalized spacial score (nSPS) is 21.7. The molecule has 0 saturated carbocycles. The number of nitrogens with zero attached hydrogens (tertiary/aromatic N) is 2. The van der Waals surface area contributed by atoms with Crippen molar-refractivity contribution in [2.45, 2.75) is 44.9 Å². The lowest BCUT2D eigenvalue weighted by Crippen LogP contribution is -2.45. The van der Waals surface area contributed by atoms with Gasteiger partial charge in [0, 0.05) is 33.2 Å². The number of nitrogens with one attached hydrogen (secondary N) is 1. The Morgan fingerprint density at radius 3 is 2.69 bits per heavy atom. The zero-order chi connectivity index (χ0) is 19.3. The Morgan fingerprint density at radius 2 is 2.12 bits per heavy atom. The Labute approximate surface area is 155 Å². The van der Waals surface area contributed by atoms with E-state index in [0.717, 1.165) is 6.42 Å². The molecule has 1 amide bonds. The summed E-state index contributed by atoms with van der Waals surface area (Å²) in [6.45, 7) is 7.08. The summed E-state index contributed by atoms with van der Waals surface area (Å²) in [6.07, 6.45) is 1.91. The van der Waals surface area contributed by atoms with Crippen LogP contribution in [0.15, 0.2) is 9.42 Å². The zero-order valence-corrected chi connectivity index (χ0v) is 16.8. The van der Waals surface area contributed by atoms with Gasteiger partial charge in [-0.3, -0.25) is 4.79 Å². The molecule has 1 N–H and O–H groups in total. The predicted molar refractivity (Wildman–Crippen MR) is 96.1 cm³/mol. The minimum Gasteiger partial charge on any atom is -0.383 e. The van der Waals surface area contributed by atoms with E-state index in [1.165, 1.54) is 4.31 Å². The summed E-state index contributed by atoms with van der Waals surface area (Å²) in [5, 5.41) is 6.60. The van der Waals surface area contributed by atoms with Gasteiger partial charge in [-0.1, -0.05) is 18.5 Å². The molecule has 0 radical (unpaired) electrons. The second kappa shape index (κ2) is 8.96. The molecule has 0 aromatic carbocycles. The first kappa shape index (κ1) is 20.9. The lowest BCUT2D eigenvalue weighted by molar-refractivity contribution is -0.123. The molecule has 1 fully saturated rings. The minimum absolute atomic E-state index is 0.00692. The molecule has 8 nitrogen and oxygen atoms in total. The van der Waals surface area contributed by atoms with E-state index in [-0.39, 0.29) is 22.6 Å². The van der Waals surface area contributed by atoms with Gasteiger partial charge >= 0.3 is 0 Å². The lowest BCUT2D eigenvalue weighted by atomic mass is 9.82. The number of sulfonamides is 1. The molecule has 0 bridgehead atoms. The van der Waals surface area contributed by atoms with Gasteiger partial charge < -0.3 is 14.6 Å². The molecule has 2 heterocycles. The summed E-state index contributed by atoms with van der Waals surface area (Å²) in [6, 6.07) is 0. The van der Waals surface area contributed by atoms with Crippen molar-refractivity contribution >= 4 is 15.9 Å². The quantitative estimate of drug-likeness (QED) is 0.678. The summed E-state index contributed by atoms with van der Waals surface area (Å²) >= 11 is 0. The molecule has 9 heteroatoms. The highest BCUT2D eigenvalue weighted by Gasteiger charge is 2.38. The zero-order valence-electron chi connectivity index (χ0n) is 15.9. The van der Waals surface area contributed by atoms with E-state index in [9.17, 15) is 13.2 Å². The minimum atomic E-state index is -3.63. The second-order valence-corrected chi connectivity index (χ2v) is 8.66. The van der Waals surface area contributed by atoms with Crippen LogP contribution in [0.1, 0.15) is 37.6 Å². The Morgan fingerprint density at radius 1 is 1.38 bits per heavy atom. The van der Waals surface area contributed by atoms with E-state index in [1.54, 1.807) is 21.0 Å². The fourth-order valence-electron chi connectivity index (χ4n) is 3.57. The maximum Gasteiger partial charge on any atom is 0.248 e. The van der Waals surface area contributed by atoms with Crippen LogP contribution in [0.5, 0.6) is 0 Å². The van der Waals surface area contributed by atoms with Crippen LogP contribution >= 0.6 is 0 Å². The molecule has 148 valence electrons. The highest BCUT2D eigenvalue weighted by Crippen LogP contribution is 2.33. The molecule has 0 aliphatic carbocycles. The first-order chi connectivity index (χ1) is 12.3.